The number of pyridine rings is 1. The van der Waals surface area contributed by atoms with Crippen LogP contribution in [-0.2, 0) is 9.47 Å². The van der Waals surface area contributed by atoms with Crippen molar-refractivity contribution in [3.8, 4) is 0 Å². The van der Waals surface area contributed by atoms with Crippen LogP contribution in [0.1, 0.15) is 6.42 Å². The third-order valence-corrected chi connectivity index (χ3v) is 2.45. The molecule has 0 aliphatic heterocycles. The minimum atomic E-state index is 0.646. The van der Waals surface area contributed by atoms with Crippen LogP contribution in [0, 0.1) is 0 Å². The Hall–Kier alpha value is -1.33. The van der Waals surface area contributed by atoms with Gasteiger partial charge in [0.1, 0.15) is 0 Å². The fraction of sp³-hybridized carbons (Fsp3) is 0.583. The maximum Gasteiger partial charge on any atom is 0.0738 e. The lowest BCUT2D eigenvalue weighted by Crippen LogP contribution is -2.21. The molecule has 1 rings (SSSR count). The van der Waals surface area contributed by atoms with Crippen LogP contribution in [0.5, 0.6) is 0 Å². The first kappa shape index (κ1) is 13.7. The lowest BCUT2D eigenvalue weighted by Gasteiger charge is -2.20. The van der Waals surface area contributed by atoms with E-state index in [2.05, 4.69) is 9.88 Å². The van der Waals surface area contributed by atoms with Crippen molar-refractivity contribution in [1.82, 2.24) is 4.98 Å². The quantitative estimate of drug-likeness (QED) is 0.690. The molecule has 1 heterocycles. The first-order chi connectivity index (χ1) is 8.25. The Kier molecular flexibility index (Phi) is 6.35. The van der Waals surface area contributed by atoms with Crippen LogP contribution in [-0.4, -0.2) is 45.5 Å². The Labute approximate surface area is 103 Å². The number of hydrogen-bond donors (Lipinski definition) is 1. The van der Waals surface area contributed by atoms with Crippen molar-refractivity contribution in [2.75, 3.05) is 51.2 Å². The summed E-state index contributed by atoms with van der Waals surface area (Å²) in [5, 5.41) is 0. The van der Waals surface area contributed by atoms with E-state index in [1.807, 2.05) is 13.1 Å². The van der Waals surface area contributed by atoms with E-state index in [0.29, 0.717) is 18.9 Å². The first-order valence-corrected chi connectivity index (χ1v) is 5.73. The van der Waals surface area contributed by atoms with E-state index in [0.717, 1.165) is 25.3 Å². The molecule has 0 radical (unpaired) electrons. The summed E-state index contributed by atoms with van der Waals surface area (Å²) < 4.78 is 10.3. The standard InChI is InChI=1S/C12H21N3O2/c1-15(6-3-7-17-9-8-16-2)12-4-5-14-10-11(12)13/h4-5,10H,3,6-9,13H2,1-2H3. The highest BCUT2D eigenvalue weighted by Gasteiger charge is 2.03. The molecule has 0 aliphatic rings. The predicted molar refractivity (Wildman–Crippen MR) is 69.2 cm³/mol. The summed E-state index contributed by atoms with van der Waals surface area (Å²) in [4.78, 5) is 6.08. The average molecular weight is 239 g/mol. The molecule has 0 aromatic carbocycles. The Morgan fingerprint density at radius 2 is 2.18 bits per heavy atom. The van der Waals surface area contributed by atoms with Crippen molar-refractivity contribution >= 4 is 11.4 Å². The second-order valence-corrected chi connectivity index (χ2v) is 3.81. The van der Waals surface area contributed by atoms with Gasteiger partial charge in [0, 0.05) is 33.5 Å². The zero-order valence-electron chi connectivity index (χ0n) is 10.6. The van der Waals surface area contributed by atoms with Gasteiger partial charge in [-0.3, -0.25) is 4.98 Å². The molecule has 17 heavy (non-hydrogen) atoms. The average Bonchev–Trinajstić information content (AvgIpc) is 2.34. The molecular formula is C12H21N3O2. The number of aromatic nitrogens is 1. The lowest BCUT2D eigenvalue weighted by molar-refractivity contribution is 0.0701. The minimum Gasteiger partial charge on any atom is -0.396 e. The number of rotatable bonds is 8. The Bertz CT molecular complexity index is 320. The number of nitrogen functional groups attached to an aromatic ring is 1. The number of methoxy groups -OCH3 is 1. The topological polar surface area (TPSA) is 60.6 Å². The molecule has 0 bridgehead atoms. The van der Waals surface area contributed by atoms with E-state index in [4.69, 9.17) is 15.2 Å². The van der Waals surface area contributed by atoms with Crippen LogP contribution in [0.25, 0.3) is 0 Å². The van der Waals surface area contributed by atoms with Crippen LogP contribution in [0.2, 0.25) is 0 Å². The maximum atomic E-state index is 5.84. The molecule has 0 atom stereocenters. The van der Waals surface area contributed by atoms with Crippen molar-refractivity contribution in [3.63, 3.8) is 0 Å². The summed E-state index contributed by atoms with van der Waals surface area (Å²) in [6, 6.07) is 1.92. The third-order valence-electron chi connectivity index (χ3n) is 2.45. The second kappa shape index (κ2) is 7.86. The van der Waals surface area contributed by atoms with Gasteiger partial charge in [0.05, 0.1) is 30.8 Å². The van der Waals surface area contributed by atoms with Gasteiger partial charge in [-0.05, 0) is 12.5 Å². The van der Waals surface area contributed by atoms with E-state index in [9.17, 15) is 0 Å². The van der Waals surface area contributed by atoms with Gasteiger partial charge in [-0.25, -0.2) is 0 Å². The number of anilines is 2. The molecular weight excluding hydrogens is 218 g/mol. The van der Waals surface area contributed by atoms with Gasteiger partial charge in [0.2, 0.25) is 0 Å². The summed E-state index contributed by atoms with van der Waals surface area (Å²) in [5.74, 6) is 0. The molecule has 0 spiro atoms. The van der Waals surface area contributed by atoms with Crippen LogP contribution >= 0.6 is 0 Å². The minimum absolute atomic E-state index is 0.646. The molecule has 0 amide bonds. The first-order valence-electron chi connectivity index (χ1n) is 5.73. The van der Waals surface area contributed by atoms with E-state index < -0.39 is 0 Å². The van der Waals surface area contributed by atoms with E-state index in [1.54, 1.807) is 19.5 Å². The molecule has 1 aromatic rings. The fourth-order valence-corrected chi connectivity index (χ4v) is 1.52. The Balaban J connectivity index is 2.21. The van der Waals surface area contributed by atoms with Gasteiger partial charge in [0.25, 0.3) is 0 Å². The summed E-state index contributed by atoms with van der Waals surface area (Å²) in [6.45, 7) is 2.94. The van der Waals surface area contributed by atoms with Crippen molar-refractivity contribution in [1.29, 1.82) is 0 Å². The molecule has 0 aliphatic carbocycles. The summed E-state index contributed by atoms with van der Waals surface area (Å²) in [5.41, 5.74) is 7.55. The Morgan fingerprint density at radius 1 is 1.35 bits per heavy atom. The number of nitrogens with zero attached hydrogens (tertiary/aromatic N) is 2. The number of hydrogen-bond acceptors (Lipinski definition) is 5. The van der Waals surface area contributed by atoms with E-state index in [-0.39, 0.29) is 0 Å². The predicted octanol–water partition coefficient (Wildman–Crippen LogP) is 1.15. The van der Waals surface area contributed by atoms with E-state index in [1.165, 1.54) is 0 Å². The molecule has 0 fully saturated rings. The second-order valence-electron chi connectivity index (χ2n) is 3.81. The Morgan fingerprint density at radius 3 is 2.88 bits per heavy atom. The zero-order chi connectivity index (χ0) is 12.5. The SMILES string of the molecule is COCCOCCCN(C)c1ccncc1N. The largest absolute Gasteiger partial charge is 0.396 e. The number of nitrogens with two attached hydrogens (primary N) is 1. The van der Waals surface area contributed by atoms with Crippen LogP contribution in [0.15, 0.2) is 18.5 Å². The maximum absolute atomic E-state index is 5.84. The van der Waals surface area contributed by atoms with Gasteiger partial charge in [-0.15, -0.1) is 0 Å². The third kappa shape index (κ3) is 5.01. The molecule has 0 saturated carbocycles. The van der Waals surface area contributed by atoms with Gasteiger partial charge in [-0.2, -0.15) is 0 Å². The van der Waals surface area contributed by atoms with Crippen molar-refractivity contribution in [2.45, 2.75) is 6.42 Å². The van der Waals surface area contributed by atoms with Gasteiger partial charge in [0.15, 0.2) is 0 Å². The molecule has 0 unspecified atom stereocenters. The van der Waals surface area contributed by atoms with Crippen LogP contribution < -0.4 is 10.6 Å². The monoisotopic (exact) mass is 239 g/mol. The van der Waals surface area contributed by atoms with Crippen molar-refractivity contribution < 1.29 is 9.47 Å². The van der Waals surface area contributed by atoms with Crippen LogP contribution in [0.4, 0.5) is 11.4 Å². The smallest absolute Gasteiger partial charge is 0.0738 e. The van der Waals surface area contributed by atoms with Gasteiger partial charge < -0.3 is 20.1 Å². The van der Waals surface area contributed by atoms with Crippen molar-refractivity contribution in [2.24, 2.45) is 0 Å². The highest BCUT2D eigenvalue weighted by atomic mass is 16.5. The lowest BCUT2D eigenvalue weighted by atomic mass is 10.3. The zero-order valence-corrected chi connectivity index (χ0v) is 10.6. The molecule has 5 heteroatoms. The van der Waals surface area contributed by atoms with E-state index >= 15 is 0 Å². The highest BCUT2D eigenvalue weighted by molar-refractivity contribution is 5.65. The van der Waals surface area contributed by atoms with Gasteiger partial charge in [-0.1, -0.05) is 0 Å². The molecule has 5 nitrogen and oxygen atoms in total. The number of ether oxygens (including phenoxy) is 2. The van der Waals surface area contributed by atoms with Gasteiger partial charge >= 0.3 is 0 Å². The summed E-state index contributed by atoms with van der Waals surface area (Å²) >= 11 is 0. The molecule has 96 valence electrons. The molecule has 1 aromatic heterocycles. The normalized spacial score (nSPS) is 10.5. The fourth-order valence-electron chi connectivity index (χ4n) is 1.52. The molecule has 0 saturated heterocycles. The highest BCUT2D eigenvalue weighted by Crippen LogP contribution is 2.19. The summed E-state index contributed by atoms with van der Waals surface area (Å²) in [7, 11) is 3.68. The summed E-state index contributed by atoms with van der Waals surface area (Å²) in [6.07, 6.45) is 4.38. The molecule has 2 N–H and O–H groups in total. The van der Waals surface area contributed by atoms with Crippen molar-refractivity contribution in [3.05, 3.63) is 18.5 Å². The van der Waals surface area contributed by atoms with Crippen LogP contribution in [0.3, 0.4) is 0 Å².